The molecule has 0 radical (unpaired) electrons. The molecule has 1 aliphatic rings. The van der Waals surface area contributed by atoms with Crippen LogP contribution in [0.15, 0.2) is 36.5 Å². The van der Waals surface area contributed by atoms with Gasteiger partial charge in [-0.2, -0.15) is 0 Å². The van der Waals surface area contributed by atoms with Crippen molar-refractivity contribution in [3.63, 3.8) is 0 Å². The summed E-state index contributed by atoms with van der Waals surface area (Å²) in [7, 11) is 0. The van der Waals surface area contributed by atoms with Crippen LogP contribution in [0.1, 0.15) is 83.1 Å². The number of benzene rings is 1. The molecule has 0 aliphatic heterocycles. The minimum atomic E-state index is 0.359. The van der Waals surface area contributed by atoms with E-state index in [4.69, 9.17) is 23.2 Å². The van der Waals surface area contributed by atoms with E-state index in [2.05, 4.69) is 36.2 Å². The Morgan fingerprint density at radius 1 is 0.828 bits per heavy atom. The third kappa shape index (κ3) is 7.30. The Labute approximate surface area is 187 Å². The van der Waals surface area contributed by atoms with Crippen LogP contribution in [0.5, 0.6) is 0 Å². The minimum Gasteiger partial charge on any atom is -0.242 e. The summed E-state index contributed by atoms with van der Waals surface area (Å²) in [5, 5.41) is 0.864. The minimum absolute atomic E-state index is 0.359. The largest absolute Gasteiger partial charge is 0.242 e. The standard InChI is InChI=1S/C26H35Cl2N/c1-2-3-4-5-6-7-20-8-10-21(11-9-20)12-13-22-14-16-23(17-15-22)24-18-25(27)26(28)29-19-24/h14-21H,2-13H2,1H3. The fraction of sp³-hybridized carbons (Fsp3) is 0.577. The van der Waals surface area contributed by atoms with Crippen LogP contribution >= 0.6 is 23.2 Å². The Kier molecular flexibility index (Phi) is 9.34. The van der Waals surface area contributed by atoms with E-state index in [0.717, 1.165) is 23.0 Å². The van der Waals surface area contributed by atoms with Gasteiger partial charge in [0.15, 0.2) is 0 Å². The molecule has 1 nitrogen and oxygen atoms in total. The SMILES string of the molecule is CCCCCCCC1CCC(CCc2ccc(-c3cnc(Cl)c(Cl)c3)cc2)CC1. The van der Waals surface area contributed by atoms with Crippen molar-refractivity contribution in [2.45, 2.75) is 84.0 Å². The predicted molar refractivity (Wildman–Crippen MR) is 127 cm³/mol. The van der Waals surface area contributed by atoms with Crippen LogP contribution in [0.25, 0.3) is 11.1 Å². The molecule has 158 valence electrons. The number of halogens is 2. The van der Waals surface area contributed by atoms with Gasteiger partial charge >= 0.3 is 0 Å². The van der Waals surface area contributed by atoms with Gasteiger partial charge in [-0.25, -0.2) is 4.98 Å². The summed E-state index contributed by atoms with van der Waals surface area (Å²) in [5.41, 5.74) is 3.58. The summed E-state index contributed by atoms with van der Waals surface area (Å²) in [6, 6.07) is 10.7. The Hall–Kier alpha value is -1.05. The molecule has 3 rings (SSSR count). The number of aromatic nitrogens is 1. The molecular weight excluding hydrogens is 397 g/mol. The molecule has 0 atom stereocenters. The first-order chi connectivity index (χ1) is 14.2. The zero-order valence-electron chi connectivity index (χ0n) is 17.8. The van der Waals surface area contributed by atoms with Crippen molar-refractivity contribution in [2.24, 2.45) is 11.8 Å². The van der Waals surface area contributed by atoms with Gasteiger partial charge in [-0.1, -0.05) is 119 Å². The predicted octanol–water partition coefficient (Wildman–Crippen LogP) is 9.15. The lowest BCUT2D eigenvalue weighted by Gasteiger charge is -2.28. The first kappa shape index (κ1) is 22.6. The van der Waals surface area contributed by atoms with Gasteiger partial charge in [-0.15, -0.1) is 0 Å². The first-order valence-corrected chi connectivity index (χ1v) is 12.3. The zero-order chi connectivity index (χ0) is 20.5. The van der Waals surface area contributed by atoms with Gasteiger partial charge in [0.2, 0.25) is 0 Å². The smallest absolute Gasteiger partial charge is 0.147 e. The van der Waals surface area contributed by atoms with E-state index in [9.17, 15) is 0 Å². The molecule has 3 heteroatoms. The van der Waals surface area contributed by atoms with E-state index in [1.165, 1.54) is 82.6 Å². The number of pyridine rings is 1. The Balaban J connectivity index is 1.38. The highest BCUT2D eigenvalue weighted by atomic mass is 35.5. The highest BCUT2D eigenvalue weighted by molar-refractivity contribution is 6.41. The summed E-state index contributed by atoms with van der Waals surface area (Å²) in [6.07, 6.45) is 18.7. The molecule has 1 saturated carbocycles. The van der Waals surface area contributed by atoms with Crippen molar-refractivity contribution >= 4 is 23.2 Å². The average molecular weight is 432 g/mol. The number of hydrogen-bond acceptors (Lipinski definition) is 1. The van der Waals surface area contributed by atoms with Crippen molar-refractivity contribution in [1.29, 1.82) is 0 Å². The van der Waals surface area contributed by atoms with E-state index in [-0.39, 0.29) is 0 Å². The van der Waals surface area contributed by atoms with E-state index in [1.54, 1.807) is 6.20 Å². The quantitative estimate of drug-likeness (QED) is 0.269. The molecule has 1 fully saturated rings. The summed E-state index contributed by atoms with van der Waals surface area (Å²) < 4.78 is 0. The Morgan fingerprint density at radius 2 is 1.48 bits per heavy atom. The number of nitrogens with zero attached hydrogens (tertiary/aromatic N) is 1. The Morgan fingerprint density at radius 3 is 2.14 bits per heavy atom. The second kappa shape index (κ2) is 12.0. The molecule has 1 aromatic carbocycles. The van der Waals surface area contributed by atoms with Crippen molar-refractivity contribution in [2.75, 3.05) is 0 Å². The fourth-order valence-electron chi connectivity index (χ4n) is 4.66. The van der Waals surface area contributed by atoms with Crippen molar-refractivity contribution in [1.82, 2.24) is 4.98 Å². The Bertz CT molecular complexity index is 733. The summed E-state index contributed by atoms with van der Waals surface area (Å²) in [5.74, 6) is 1.93. The maximum Gasteiger partial charge on any atom is 0.147 e. The lowest BCUT2D eigenvalue weighted by atomic mass is 9.77. The van der Waals surface area contributed by atoms with Gasteiger partial charge in [0.1, 0.15) is 5.15 Å². The second-order valence-corrected chi connectivity index (χ2v) is 9.59. The van der Waals surface area contributed by atoms with Crippen LogP contribution < -0.4 is 0 Å². The molecule has 1 aromatic heterocycles. The fourth-order valence-corrected chi connectivity index (χ4v) is 4.93. The normalized spacial score (nSPS) is 19.4. The number of hydrogen-bond donors (Lipinski definition) is 0. The second-order valence-electron chi connectivity index (χ2n) is 8.82. The van der Waals surface area contributed by atoms with Crippen LogP contribution in [0.3, 0.4) is 0 Å². The van der Waals surface area contributed by atoms with Crippen molar-refractivity contribution in [3.8, 4) is 11.1 Å². The van der Waals surface area contributed by atoms with Gasteiger partial charge in [0, 0.05) is 11.8 Å². The van der Waals surface area contributed by atoms with Gasteiger partial charge in [-0.05, 0) is 41.9 Å². The van der Waals surface area contributed by atoms with E-state index in [0.29, 0.717) is 10.2 Å². The first-order valence-electron chi connectivity index (χ1n) is 11.6. The number of unbranched alkanes of at least 4 members (excludes halogenated alkanes) is 4. The summed E-state index contributed by atoms with van der Waals surface area (Å²) >= 11 is 12.0. The van der Waals surface area contributed by atoms with Crippen LogP contribution in [0.2, 0.25) is 10.2 Å². The van der Waals surface area contributed by atoms with Crippen LogP contribution in [-0.4, -0.2) is 4.98 Å². The highest BCUT2D eigenvalue weighted by Gasteiger charge is 2.20. The lowest BCUT2D eigenvalue weighted by molar-refractivity contribution is 0.249. The van der Waals surface area contributed by atoms with E-state index < -0.39 is 0 Å². The molecule has 0 N–H and O–H groups in total. The summed E-state index contributed by atoms with van der Waals surface area (Å²) in [6.45, 7) is 2.29. The van der Waals surface area contributed by atoms with Crippen LogP contribution in [-0.2, 0) is 6.42 Å². The van der Waals surface area contributed by atoms with E-state index in [1.807, 2.05) is 6.07 Å². The van der Waals surface area contributed by atoms with Crippen molar-refractivity contribution in [3.05, 3.63) is 52.3 Å². The molecule has 29 heavy (non-hydrogen) atoms. The average Bonchev–Trinajstić information content (AvgIpc) is 2.75. The zero-order valence-corrected chi connectivity index (χ0v) is 19.3. The topological polar surface area (TPSA) is 12.9 Å². The third-order valence-electron chi connectivity index (χ3n) is 6.61. The van der Waals surface area contributed by atoms with Gasteiger partial charge < -0.3 is 0 Å². The molecule has 2 aromatic rings. The highest BCUT2D eigenvalue weighted by Crippen LogP contribution is 2.34. The molecular formula is C26H35Cl2N. The van der Waals surface area contributed by atoms with Crippen LogP contribution in [0, 0.1) is 11.8 Å². The maximum absolute atomic E-state index is 6.09. The molecule has 0 bridgehead atoms. The summed E-state index contributed by atoms with van der Waals surface area (Å²) in [4.78, 5) is 4.15. The molecule has 0 amide bonds. The molecule has 0 unspecified atom stereocenters. The number of aryl methyl sites for hydroxylation is 1. The van der Waals surface area contributed by atoms with Crippen molar-refractivity contribution < 1.29 is 0 Å². The number of rotatable bonds is 10. The lowest BCUT2D eigenvalue weighted by Crippen LogP contribution is -2.15. The van der Waals surface area contributed by atoms with Crippen LogP contribution in [0.4, 0.5) is 0 Å². The van der Waals surface area contributed by atoms with Gasteiger partial charge in [0.25, 0.3) is 0 Å². The molecule has 0 saturated heterocycles. The van der Waals surface area contributed by atoms with E-state index >= 15 is 0 Å². The third-order valence-corrected chi connectivity index (χ3v) is 7.29. The molecule has 0 spiro atoms. The monoisotopic (exact) mass is 431 g/mol. The van der Waals surface area contributed by atoms with Gasteiger partial charge in [-0.3, -0.25) is 0 Å². The maximum atomic E-state index is 6.09. The molecule has 1 heterocycles. The molecule has 1 aliphatic carbocycles. The van der Waals surface area contributed by atoms with Gasteiger partial charge in [0.05, 0.1) is 5.02 Å².